The Kier molecular flexibility index (Phi) is 9.29. The highest BCUT2D eigenvalue weighted by atomic mass is 35.5. The Morgan fingerprint density at radius 3 is 2.46 bits per heavy atom. The number of benzene rings is 3. The van der Waals surface area contributed by atoms with Crippen LogP contribution >= 0.6 is 11.6 Å². The van der Waals surface area contributed by atoms with Crippen molar-refractivity contribution in [1.29, 1.82) is 0 Å². The molecule has 0 aliphatic heterocycles. The predicted octanol–water partition coefficient (Wildman–Crippen LogP) is 6.29. The highest BCUT2D eigenvalue weighted by molar-refractivity contribution is 6.32. The van der Waals surface area contributed by atoms with Crippen LogP contribution in [0.15, 0.2) is 58.4 Å². The SMILES string of the molecule is CCOc1cc(C)c(-c2nc3ccccc3c(=O)n2N=Cc2cc(Cl)c(OCC(=O)O)c(OCC)c2)cc1C(C)C. The molecule has 0 aliphatic carbocycles. The molecule has 0 saturated carbocycles. The lowest BCUT2D eigenvalue weighted by molar-refractivity contribution is -0.139. The van der Waals surface area contributed by atoms with E-state index in [1.54, 1.807) is 37.3 Å². The Bertz CT molecular complexity index is 1680. The Labute approximate surface area is 243 Å². The zero-order valence-corrected chi connectivity index (χ0v) is 24.4. The summed E-state index contributed by atoms with van der Waals surface area (Å²) in [5, 5.41) is 14.1. The molecule has 214 valence electrons. The molecule has 1 N–H and O–H groups in total. The quantitative estimate of drug-likeness (QED) is 0.208. The van der Waals surface area contributed by atoms with E-state index in [4.69, 9.17) is 35.9 Å². The number of carbonyl (C=O) groups is 1. The van der Waals surface area contributed by atoms with Gasteiger partial charge in [-0.3, -0.25) is 4.79 Å². The minimum atomic E-state index is -1.14. The Balaban J connectivity index is 1.90. The largest absolute Gasteiger partial charge is 0.494 e. The van der Waals surface area contributed by atoms with E-state index in [0.717, 1.165) is 22.4 Å². The maximum absolute atomic E-state index is 13.7. The normalized spacial score (nSPS) is 11.4. The summed E-state index contributed by atoms with van der Waals surface area (Å²) >= 11 is 6.43. The molecule has 0 aliphatic rings. The van der Waals surface area contributed by atoms with Crippen molar-refractivity contribution in [2.24, 2.45) is 5.10 Å². The van der Waals surface area contributed by atoms with E-state index < -0.39 is 12.6 Å². The molecule has 9 nitrogen and oxygen atoms in total. The van der Waals surface area contributed by atoms with E-state index in [-0.39, 0.29) is 28.0 Å². The first-order chi connectivity index (χ1) is 19.6. The fourth-order valence-corrected chi connectivity index (χ4v) is 4.67. The molecule has 0 radical (unpaired) electrons. The van der Waals surface area contributed by atoms with Crippen molar-refractivity contribution in [2.75, 3.05) is 19.8 Å². The molecule has 1 heterocycles. The van der Waals surface area contributed by atoms with Crippen LogP contribution in [-0.2, 0) is 4.79 Å². The molecule has 0 bridgehead atoms. The summed E-state index contributed by atoms with van der Waals surface area (Å²) in [7, 11) is 0. The predicted molar refractivity (Wildman–Crippen MR) is 160 cm³/mol. The van der Waals surface area contributed by atoms with Gasteiger partial charge in [0.1, 0.15) is 5.75 Å². The van der Waals surface area contributed by atoms with E-state index in [2.05, 4.69) is 18.9 Å². The molecule has 0 atom stereocenters. The summed E-state index contributed by atoms with van der Waals surface area (Å²) < 4.78 is 18.2. The van der Waals surface area contributed by atoms with E-state index in [0.29, 0.717) is 35.5 Å². The third-order valence-corrected chi connectivity index (χ3v) is 6.55. The van der Waals surface area contributed by atoms with E-state index in [1.165, 1.54) is 10.9 Å². The number of ether oxygens (including phenoxy) is 3. The van der Waals surface area contributed by atoms with Gasteiger partial charge in [-0.25, -0.2) is 9.78 Å². The smallest absolute Gasteiger partial charge is 0.341 e. The molecule has 0 unspecified atom stereocenters. The fourth-order valence-electron chi connectivity index (χ4n) is 4.40. The molecule has 41 heavy (non-hydrogen) atoms. The molecule has 0 spiro atoms. The molecule has 0 saturated heterocycles. The molecule has 10 heteroatoms. The number of aryl methyl sites for hydroxylation is 1. The van der Waals surface area contributed by atoms with Crippen molar-refractivity contribution in [3.8, 4) is 28.6 Å². The molecule has 0 fully saturated rings. The van der Waals surface area contributed by atoms with Crippen LogP contribution in [0.1, 0.15) is 50.3 Å². The third-order valence-electron chi connectivity index (χ3n) is 6.27. The lowest BCUT2D eigenvalue weighted by Crippen LogP contribution is -2.21. The number of aliphatic carboxylic acids is 1. The molecule has 4 aromatic rings. The van der Waals surface area contributed by atoms with Gasteiger partial charge in [-0.2, -0.15) is 9.78 Å². The number of halogens is 1. The number of aromatic nitrogens is 2. The average Bonchev–Trinajstić information content (AvgIpc) is 2.92. The second kappa shape index (κ2) is 12.9. The van der Waals surface area contributed by atoms with Gasteiger partial charge >= 0.3 is 5.97 Å². The van der Waals surface area contributed by atoms with Crippen LogP contribution < -0.4 is 19.8 Å². The number of carboxylic acid groups (broad SMARTS) is 1. The Morgan fingerprint density at radius 1 is 1.07 bits per heavy atom. The van der Waals surface area contributed by atoms with Crippen molar-refractivity contribution in [2.45, 2.75) is 40.5 Å². The minimum absolute atomic E-state index is 0.115. The highest BCUT2D eigenvalue weighted by Crippen LogP contribution is 2.37. The van der Waals surface area contributed by atoms with E-state index >= 15 is 0 Å². The van der Waals surface area contributed by atoms with E-state index in [9.17, 15) is 9.59 Å². The van der Waals surface area contributed by atoms with Gasteiger partial charge < -0.3 is 19.3 Å². The molecular formula is C31H32ClN3O6. The number of nitrogens with zero attached hydrogens (tertiary/aromatic N) is 3. The van der Waals surface area contributed by atoms with Crippen LogP contribution in [0.5, 0.6) is 17.2 Å². The molecular weight excluding hydrogens is 546 g/mol. The maximum atomic E-state index is 13.7. The van der Waals surface area contributed by atoms with Gasteiger partial charge in [0.2, 0.25) is 0 Å². The molecule has 3 aromatic carbocycles. The summed E-state index contributed by atoms with van der Waals surface area (Å²) in [6.07, 6.45) is 1.48. The van der Waals surface area contributed by atoms with Crippen molar-refractivity contribution in [3.05, 3.63) is 80.6 Å². The fraction of sp³-hybridized carbons (Fsp3) is 0.290. The lowest BCUT2D eigenvalue weighted by atomic mass is 9.96. The molecule has 1 aromatic heterocycles. The van der Waals surface area contributed by atoms with Gasteiger partial charge in [-0.15, -0.1) is 0 Å². The van der Waals surface area contributed by atoms with Crippen LogP contribution in [-0.4, -0.2) is 46.8 Å². The monoisotopic (exact) mass is 577 g/mol. The van der Waals surface area contributed by atoms with Gasteiger partial charge in [-0.05, 0) is 79.8 Å². The van der Waals surface area contributed by atoms with Gasteiger partial charge in [0.25, 0.3) is 5.56 Å². The summed E-state index contributed by atoms with van der Waals surface area (Å²) in [5.74, 6) is 0.576. The van der Waals surface area contributed by atoms with Crippen molar-refractivity contribution in [1.82, 2.24) is 9.66 Å². The number of hydrogen-bond acceptors (Lipinski definition) is 7. The summed E-state index contributed by atoms with van der Waals surface area (Å²) in [5.41, 5.74) is 3.36. The first kappa shape index (κ1) is 29.6. The maximum Gasteiger partial charge on any atom is 0.341 e. The number of hydrogen-bond donors (Lipinski definition) is 1. The molecule has 4 rings (SSSR count). The van der Waals surface area contributed by atoms with Crippen LogP contribution in [0.3, 0.4) is 0 Å². The summed E-state index contributed by atoms with van der Waals surface area (Å²) in [6.45, 7) is 10.1. The first-order valence-corrected chi connectivity index (χ1v) is 13.7. The second-order valence-electron chi connectivity index (χ2n) is 9.55. The van der Waals surface area contributed by atoms with Crippen molar-refractivity contribution < 1.29 is 24.1 Å². The van der Waals surface area contributed by atoms with Crippen LogP contribution in [0.25, 0.3) is 22.3 Å². The second-order valence-corrected chi connectivity index (χ2v) is 9.96. The Hall–Kier alpha value is -4.37. The van der Waals surface area contributed by atoms with Crippen molar-refractivity contribution >= 4 is 34.7 Å². The summed E-state index contributed by atoms with van der Waals surface area (Å²) in [6, 6.07) is 14.3. The van der Waals surface area contributed by atoms with Gasteiger partial charge in [0.15, 0.2) is 23.9 Å². The average molecular weight is 578 g/mol. The number of rotatable bonds is 11. The van der Waals surface area contributed by atoms with Crippen molar-refractivity contribution in [3.63, 3.8) is 0 Å². The zero-order valence-electron chi connectivity index (χ0n) is 23.6. The van der Waals surface area contributed by atoms with Crippen LogP contribution in [0.4, 0.5) is 0 Å². The standard InChI is InChI=1S/C31H32ClN3O6/c1-6-39-26-12-19(5)23(15-22(26)18(3)4)30-34-25-11-9-8-10-21(25)31(38)35(30)33-16-20-13-24(32)29(41-17-28(36)37)27(14-20)40-7-2/h8-16,18H,6-7,17H2,1-5H3,(H,36,37). The topological polar surface area (TPSA) is 112 Å². The number of fused-ring (bicyclic) bond motifs is 1. The van der Waals surface area contributed by atoms with Crippen LogP contribution in [0, 0.1) is 6.92 Å². The zero-order chi connectivity index (χ0) is 29.7. The Morgan fingerprint density at radius 2 is 1.78 bits per heavy atom. The van der Waals surface area contributed by atoms with E-state index in [1.807, 2.05) is 32.0 Å². The number of carboxylic acids is 1. The third kappa shape index (κ3) is 6.52. The van der Waals surface area contributed by atoms with Gasteiger partial charge in [0, 0.05) is 5.56 Å². The van der Waals surface area contributed by atoms with Crippen LogP contribution in [0.2, 0.25) is 5.02 Å². The lowest BCUT2D eigenvalue weighted by Gasteiger charge is -2.18. The number of para-hydroxylation sites is 1. The van der Waals surface area contributed by atoms with Gasteiger partial charge in [0.05, 0.1) is 35.4 Å². The van der Waals surface area contributed by atoms with Gasteiger partial charge in [-0.1, -0.05) is 37.6 Å². The first-order valence-electron chi connectivity index (χ1n) is 13.3. The molecule has 0 amide bonds. The summed E-state index contributed by atoms with van der Waals surface area (Å²) in [4.78, 5) is 29.6. The highest BCUT2D eigenvalue weighted by Gasteiger charge is 2.19. The minimum Gasteiger partial charge on any atom is -0.494 e.